The summed E-state index contributed by atoms with van der Waals surface area (Å²) in [6, 6.07) is 5.64. The van der Waals surface area contributed by atoms with Crippen LogP contribution in [0.2, 0.25) is 0 Å². The molecule has 5 nitrogen and oxygen atoms in total. The van der Waals surface area contributed by atoms with Gasteiger partial charge < -0.3 is 15.4 Å². The molecule has 0 spiro atoms. The van der Waals surface area contributed by atoms with Crippen LogP contribution in [-0.2, 0) is 4.79 Å². The summed E-state index contributed by atoms with van der Waals surface area (Å²) in [5.41, 5.74) is 0.859. The van der Waals surface area contributed by atoms with Gasteiger partial charge in [-0.05, 0) is 30.4 Å². The zero-order valence-corrected chi connectivity index (χ0v) is 12.2. The quantitative estimate of drug-likeness (QED) is 0.852. The third kappa shape index (κ3) is 3.39. The number of fused-ring (bicyclic) bond motifs is 1. The number of aromatic nitrogens is 1. The van der Waals surface area contributed by atoms with Gasteiger partial charge in [0.1, 0.15) is 5.75 Å². The van der Waals surface area contributed by atoms with Crippen LogP contribution in [0, 0.1) is 0 Å². The first-order valence-electron chi connectivity index (χ1n) is 5.67. The first kappa shape index (κ1) is 13.7. The molecule has 0 atom stereocenters. The fraction of sp³-hybridized carbons (Fsp3) is 0.250. The predicted molar refractivity (Wildman–Crippen MR) is 80.8 cm³/mol. The molecule has 0 radical (unpaired) electrons. The van der Waals surface area contributed by atoms with Gasteiger partial charge in [-0.15, -0.1) is 0 Å². The van der Waals surface area contributed by atoms with E-state index in [-0.39, 0.29) is 11.0 Å². The Morgan fingerprint density at radius 2 is 2.32 bits per heavy atom. The van der Waals surface area contributed by atoms with E-state index in [1.165, 1.54) is 11.3 Å². The largest absolute Gasteiger partial charge is 0.497 e. The van der Waals surface area contributed by atoms with Gasteiger partial charge in [-0.25, -0.2) is 4.98 Å². The van der Waals surface area contributed by atoms with Crippen molar-refractivity contribution in [2.45, 2.75) is 13.3 Å². The van der Waals surface area contributed by atoms with Crippen molar-refractivity contribution in [1.29, 1.82) is 0 Å². The smallest absolute Gasteiger partial charge is 0.225 e. The van der Waals surface area contributed by atoms with Crippen LogP contribution < -0.4 is 15.4 Å². The highest BCUT2D eigenvalue weighted by molar-refractivity contribution is 7.80. The van der Waals surface area contributed by atoms with Crippen molar-refractivity contribution in [3.8, 4) is 5.75 Å². The van der Waals surface area contributed by atoms with E-state index in [0.717, 1.165) is 16.0 Å². The summed E-state index contributed by atoms with van der Waals surface area (Å²) >= 11 is 6.48. The van der Waals surface area contributed by atoms with Gasteiger partial charge in [0.25, 0.3) is 0 Å². The molecule has 0 aliphatic rings. The van der Waals surface area contributed by atoms with Gasteiger partial charge in [-0.2, -0.15) is 0 Å². The number of hydrogen-bond acceptors (Lipinski definition) is 5. The highest BCUT2D eigenvalue weighted by Crippen LogP contribution is 2.28. The molecule has 0 saturated heterocycles. The molecule has 100 valence electrons. The molecular weight excluding hydrogens is 282 g/mol. The Hall–Kier alpha value is -1.73. The number of benzene rings is 1. The lowest BCUT2D eigenvalue weighted by molar-refractivity contribution is -0.119. The summed E-state index contributed by atoms with van der Waals surface area (Å²) in [7, 11) is 1.62. The van der Waals surface area contributed by atoms with Crippen molar-refractivity contribution in [2.75, 3.05) is 12.4 Å². The second-order valence-electron chi connectivity index (χ2n) is 3.71. The van der Waals surface area contributed by atoms with E-state index in [2.05, 4.69) is 15.6 Å². The number of nitrogens with one attached hydrogen (secondary N) is 2. The number of thiazole rings is 1. The maximum absolute atomic E-state index is 11.2. The molecule has 1 aromatic heterocycles. The van der Waals surface area contributed by atoms with Crippen molar-refractivity contribution in [3.63, 3.8) is 0 Å². The van der Waals surface area contributed by atoms with Crippen LogP contribution in [0.25, 0.3) is 10.2 Å². The predicted octanol–water partition coefficient (Wildman–Crippen LogP) is 2.53. The van der Waals surface area contributed by atoms with Crippen molar-refractivity contribution < 1.29 is 9.53 Å². The number of rotatable bonds is 3. The van der Waals surface area contributed by atoms with Crippen molar-refractivity contribution in [1.82, 2.24) is 10.3 Å². The molecule has 19 heavy (non-hydrogen) atoms. The van der Waals surface area contributed by atoms with E-state index < -0.39 is 0 Å². The minimum Gasteiger partial charge on any atom is -0.497 e. The highest BCUT2D eigenvalue weighted by atomic mass is 32.1. The van der Waals surface area contributed by atoms with E-state index in [1.54, 1.807) is 14.0 Å². The lowest BCUT2D eigenvalue weighted by Gasteiger charge is -2.04. The molecule has 0 aliphatic heterocycles. The molecule has 0 bridgehead atoms. The fourth-order valence-electron chi connectivity index (χ4n) is 1.43. The zero-order chi connectivity index (χ0) is 13.8. The van der Waals surface area contributed by atoms with E-state index >= 15 is 0 Å². The number of amides is 1. The number of methoxy groups -OCH3 is 1. The van der Waals surface area contributed by atoms with Crippen LogP contribution in [0.4, 0.5) is 5.13 Å². The van der Waals surface area contributed by atoms with E-state index in [9.17, 15) is 4.79 Å². The first-order valence-corrected chi connectivity index (χ1v) is 6.90. The van der Waals surface area contributed by atoms with Gasteiger partial charge in [0.2, 0.25) is 5.91 Å². The molecule has 1 heterocycles. The first-order chi connectivity index (χ1) is 9.12. The van der Waals surface area contributed by atoms with Gasteiger partial charge in [-0.3, -0.25) is 4.79 Å². The number of carbonyl (C=O) groups is 1. The number of anilines is 1. The second-order valence-corrected chi connectivity index (χ2v) is 5.15. The van der Waals surface area contributed by atoms with Crippen molar-refractivity contribution in [3.05, 3.63) is 18.2 Å². The van der Waals surface area contributed by atoms with E-state index in [0.29, 0.717) is 11.6 Å². The minimum absolute atomic E-state index is 0.125. The molecule has 1 amide bonds. The molecule has 0 unspecified atom stereocenters. The summed E-state index contributed by atoms with van der Waals surface area (Å²) < 4.78 is 6.15. The van der Waals surface area contributed by atoms with E-state index in [1.807, 2.05) is 18.2 Å². The topological polar surface area (TPSA) is 63.2 Å². The number of nitrogens with zero attached hydrogens (tertiary/aromatic N) is 1. The van der Waals surface area contributed by atoms with Crippen LogP contribution >= 0.6 is 23.6 Å². The van der Waals surface area contributed by atoms with Crippen LogP contribution in [0.5, 0.6) is 5.75 Å². The molecular formula is C12H13N3O2S2. The molecule has 0 fully saturated rings. The summed E-state index contributed by atoms with van der Waals surface area (Å²) in [6.07, 6.45) is 0.388. The van der Waals surface area contributed by atoms with E-state index in [4.69, 9.17) is 17.0 Å². The summed E-state index contributed by atoms with van der Waals surface area (Å²) in [6.45, 7) is 1.77. The number of ether oxygens (including phenoxy) is 1. The van der Waals surface area contributed by atoms with Gasteiger partial charge in [-0.1, -0.05) is 18.3 Å². The number of hydrogen-bond donors (Lipinski definition) is 2. The standard InChI is InChI=1S/C12H13N3O2S2/c1-3-10(16)14-11(18)15-12-13-8-5-4-7(17-2)6-9(8)19-12/h4-6H,3H2,1-2H3,(H2,13,14,15,16,18). The molecule has 0 aliphatic carbocycles. The van der Waals surface area contributed by atoms with Crippen molar-refractivity contribution >= 4 is 49.9 Å². The van der Waals surface area contributed by atoms with Gasteiger partial charge in [0.15, 0.2) is 10.2 Å². The van der Waals surface area contributed by atoms with Crippen molar-refractivity contribution in [2.24, 2.45) is 0 Å². The molecule has 1 aromatic carbocycles. The van der Waals surface area contributed by atoms with Gasteiger partial charge in [0.05, 0.1) is 17.3 Å². The third-order valence-electron chi connectivity index (χ3n) is 2.39. The Balaban J connectivity index is 2.13. The Morgan fingerprint density at radius 1 is 1.53 bits per heavy atom. The minimum atomic E-state index is -0.125. The summed E-state index contributed by atoms with van der Waals surface area (Å²) in [5, 5.41) is 6.37. The van der Waals surface area contributed by atoms with Gasteiger partial charge in [0, 0.05) is 6.42 Å². The average Bonchev–Trinajstić information content (AvgIpc) is 2.78. The fourth-order valence-corrected chi connectivity index (χ4v) is 2.60. The number of carbonyl (C=O) groups excluding carboxylic acids is 1. The van der Waals surface area contributed by atoms with Crippen LogP contribution in [0.1, 0.15) is 13.3 Å². The monoisotopic (exact) mass is 295 g/mol. The van der Waals surface area contributed by atoms with Gasteiger partial charge >= 0.3 is 0 Å². The average molecular weight is 295 g/mol. The Kier molecular flexibility index (Phi) is 4.28. The Bertz CT molecular complexity index is 624. The zero-order valence-electron chi connectivity index (χ0n) is 10.5. The van der Waals surface area contributed by atoms with Crippen LogP contribution in [0.3, 0.4) is 0 Å². The maximum atomic E-state index is 11.2. The Labute approximate surface area is 120 Å². The molecule has 2 aromatic rings. The second kappa shape index (κ2) is 5.94. The van der Waals surface area contributed by atoms with Crippen LogP contribution in [0.15, 0.2) is 18.2 Å². The molecule has 2 N–H and O–H groups in total. The maximum Gasteiger partial charge on any atom is 0.225 e. The lowest BCUT2D eigenvalue weighted by Crippen LogP contribution is -2.33. The molecule has 0 saturated carbocycles. The summed E-state index contributed by atoms with van der Waals surface area (Å²) in [5.74, 6) is 0.657. The molecule has 7 heteroatoms. The summed E-state index contributed by atoms with van der Waals surface area (Å²) in [4.78, 5) is 15.6. The highest BCUT2D eigenvalue weighted by Gasteiger charge is 2.07. The normalized spacial score (nSPS) is 10.2. The number of thiocarbonyl (C=S) groups is 1. The Morgan fingerprint density at radius 3 is 3.00 bits per heavy atom. The third-order valence-corrected chi connectivity index (χ3v) is 3.53. The SMILES string of the molecule is CCC(=O)NC(=S)Nc1nc2ccc(OC)cc2s1. The van der Waals surface area contributed by atoms with Crippen LogP contribution in [-0.4, -0.2) is 23.1 Å². The molecule has 2 rings (SSSR count). The lowest BCUT2D eigenvalue weighted by atomic mass is 10.3.